The summed E-state index contributed by atoms with van der Waals surface area (Å²) in [5, 5.41) is 0. The number of nitrogens with two attached hydrogens (primary N) is 1. The fraction of sp³-hybridized carbons (Fsp3) is 0.250. The molecule has 0 bridgehead atoms. The first kappa shape index (κ1) is 5.03. The summed E-state index contributed by atoms with van der Waals surface area (Å²) in [6, 6.07) is 0. The van der Waals surface area contributed by atoms with Crippen LogP contribution in [-0.4, -0.2) is 0 Å². The van der Waals surface area contributed by atoms with Crippen molar-refractivity contribution in [3.8, 4) is 0 Å². The SMILES string of the molecule is [C-]#[N+]/C=C(/C)N. The van der Waals surface area contributed by atoms with Crippen LogP contribution < -0.4 is 5.73 Å². The lowest BCUT2D eigenvalue weighted by molar-refractivity contribution is 1.32. The van der Waals surface area contributed by atoms with Crippen molar-refractivity contribution in [3.63, 3.8) is 0 Å². The second-order valence-electron chi connectivity index (χ2n) is 1.00. The van der Waals surface area contributed by atoms with Crippen LogP contribution in [0.2, 0.25) is 0 Å². The number of hydrogen-bond acceptors (Lipinski definition) is 1. The molecule has 0 atom stereocenters. The Labute approximate surface area is 37.1 Å². The first-order valence-corrected chi connectivity index (χ1v) is 1.56. The maximum absolute atomic E-state index is 6.20. The summed E-state index contributed by atoms with van der Waals surface area (Å²) in [4.78, 5) is 2.90. The molecule has 2 nitrogen and oxygen atoms in total. The molecule has 0 aliphatic heterocycles. The van der Waals surface area contributed by atoms with Gasteiger partial charge in [-0.25, -0.2) is 4.85 Å². The molecular weight excluding hydrogens is 76.1 g/mol. The number of rotatable bonds is 0. The molecule has 0 aromatic carbocycles. The predicted molar refractivity (Wildman–Crippen MR) is 24.5 cm³/mol. The van der Waals surface area contributed by atoms with Crippen LogP contribution in [0.1, 0.15) is 6.92 Å². The maximum atomic E-state index is 6.20. The normalized spacial score (nSPS) is 10.3. The summed E-state index contributed by atoms with van der Waals surface area (Å²) in [5.41, 5.74) is 5.61. The van der Waals surface area contributed by atoms with E-state index >= 15 is 0 Å². The van der Waals surface area contributed by atoms with Crippen LogP contribution >= 0.6 is 0 Å². The Hall–Kier alpha value is -0.970. The monoisotopic (exact) mass is 82.1 g/mol. The second-order valence-corrected chi connectivity index (χ2v) is 1.00. The van der Waals surface area contributed by atoms with E-state index in [1.165, 1.54) is 6.20 Å². The van der Waals surface area contributed by atoms with Gasteiger partial charge in [-0.15, -0.1) is 0 Å². The Bertz CT molecular complexity index is 92.6. The van der Waals surface area contributed by atoms with E-state index in [0.717, 1.165) is 0 Å². The first-order valence-electron chi connectivity index (χ1n) is 1.56. The third kappa shape index (κ3) is 3.03. The number of allylic oxidation sites excluding steroid dienone is 1. The Balaban J connectivity index is 3.51. The zero-order valence-electron chi connectivity index (χ0n) is 3.60. The molecule has 0 aliphatic rings. The smallest absolute Gasteiger partial charge is 0.171 e. The molecule has 2 heteroatoms. The largest absolute Gasteiger partial charge is 0.411 e. The molecule has 0 amide bonds. The summed E-state index contributed by atoms with van der Waals surface area (Å²) in [6.07, 6.45) is 1.28. The van der Waals surface area contributed by atoms with E-state index in [1.54, 1.807) is 6.92 Å². The second kappa shape index (κ2) is 2.28. The summed E-state index contributed by atoms with van der Waals surface area (Å²) >= 11 is 0. The van der Waals surface area contributed by atoms with Crippen LogP contribution in [-0.2, 0) is 0 Å². The van der Waals surface area contributed by atoms with Crippen LogP contribution in [0.4, 0.5) is 0 Å². The fourth-order valence-corrected chi connectivity index (χ4v) is 0.102. The summed E-state index contributed by atoms with van der Waals surface area (Å²) in [6.45, 7) is 7.88. The number of nitrogens with zero attached hydrogens (tertiary/aromatic N) is 1. The third-order valence-electron chi connectivity index (χ3n) is 0.268. The van der Waals surface area contributed by atoms with Crippen molar-refractivity contribution in [2.75, 3.05) is 0 Å². The van der Waals surface area contributed by atoms with Crippen LogP contribution in [0.5, 0.6) is 0 Å². The Morgan fingerprint density at radius 3 is 2.50 bits per heavy atom. The molecule has 2 N–H and O–H groups in total. The van der Waals surface area contributed by atoms with E-state index in [-0.39, 0.29) is 0 Å². The van der Waals surface area contributed by atoms with E-state index in [1.807, 2.05) is 0 Å². The van der Waals surface area contributed by atoms with Gasteiger partial charge in [-0.05, 0) is 6.92 Å². The average molecular weight is 82.1 g/mol. The molecule has 0 saturated heterocycles. The minimum absolute atomic E-state index is 0.560. The maximum Gasteiger partial charge on any atom is 0.171 e. The molecule has 0 aromatic heterocycles. The van der Waals surface area contributed by atoms with Crippen LogP contribution in [0.25, 0.3) is 4.85 Å². The first-order chi connectivity index (χ1) is 2.77. The summed E-state index contributed by atoms with van der Waals surface area (Å²) < 4.78 is 0. The summed E-state index contributed by atoms with van der Waals surface area (Å²) in [5.74, 6) is 0. The van der Waals surface area contributed by atoms with Crippen LogP contribution in [0, 0.1) is 6.57 Å². The lowest BCUT2D eigenvalue weighted by Crippen LogP contribution is -1.86. The van der Waals surface area contributed by atoms with Gasteiger partial charge in [0.25, 0.3) is 0 Å². The predicted octanol–water partition coefficient (Wildman–Crippen LogP) is 0.726. The van der Waals surface area contributed by atoms with E-state index < -0.39 is 0 Å². The lowest BCUT2D eigenvalue weighted by atomic mass is 10.6. The third-order valence-corrected chi connectivity index (χ3v) is 0.268. The van der Waals surface area contributed by atoms with E-state index in [2.05, 4.69) is 4.85 Å². The standard InChI is InChI=1S/C4H6N2/c1-4(5)3-6-2/h3H,5H2,1H3/b4-3-. The van der Waals surface area contributed by atoms with Crippen LogP contribution in [0.3, 0.4) is 0 Å². The van der Waals surface area contributed by atoms with Gasteiger partial charge < -0.3 is 5.73 Å². The van der Waals surface area contributed by atoms with Gasteiger partial charge in [-0.3, -0.25) is 0 Å². The molecule has 0 rings (SSSR count). The van der Waals surface area contributed by atoms with Gasteiger partial charge in [0.05, 0.1) is 6.57 Å². The highest BCUT2D eigenvalue weighted by molar-refractivity contribution is 4.97. The highest BCUT2D eigenvalue weighted by Gasteiger charge is 1.65. The van der Waals surface area contributed by atoms with Gasteiger partial charge in [0.2, 0.25) is 0 Å². The van der Waals surface area contributed by atoms with E-state index in [0.29, 0.717) is 5.70 Å². The van der Waals surface area contributed by atoms with Gasteiger partial charge in [0, 0.05) is 5.70 Å². The molecule has 0 aromatic rings. The van der Waals surface area contributed by atoms with Crippen molar-refractivity contribution in [2.45, 2.75) is 6.92 Å². The van der Waals surface area contributed by atoms with E-state index in [9.17, 15) is 0 Å². The van der Waals surface area contributed by atoms with Crippen LogP contribution in [0.15, 0.2) is 11.9 Å². The van der Waals surface area contributed by atoms with Crippen molar-refractivity contribution in [2.24, 2.45) is 5.73 Å². The van der Waals surface area contributed by atoms with Gasteiger partial charge in [0.1, 0.15) is 0 Å². The van der Waals surface area contributed by atoms with Gasteiger partial charge in [-0.1, -0.05) is 0 Å². The van der Waals surface area contributed by atoms with Crippen molar-refractivity contribution in [1.29, 1.82) is 0 Å². The Kier molecular flexibility index (Phi) is 1.91. The molecule has 0 unspecified atom stereocenters. The minimum atomic E-state index is 0.560. The van der Waals surface area contributed by atoms with Crippen molar-refractivity contribution in [1.82, 2.24) is 0 Å². The van der Waals surface area contributed by atoms with Crippen molar-refractivity contribution >= 4 is 0 Å². The topological polar surface area (TPSA) is 30.4 Å². The highest BCUT2D eigenvalue weighted by Crippen LogP contribution is 1.76. The zero-order chi connectivity index (χ0) is 4.99. The van der Waals surface area contributed by atoms with Gasteiger partial charge in [0.15, 0.2) is 6.20 Å². The zero-order valence-corrected chi connectivity index (χ0v) is 3.60. The van der Waals surface area contributed by atoms with Crippen molar-refractivity contribution in [3.05, 3.63) is 23.3 Å². The molecule has 0 radical (unpaired) electrons. The van der Waals surface area contributed by atoms with Gasteiger partial charge >= 0.3 is 0 Å². The summed E-state index contributed by atoms with van der Waals surface area (Å²) in [7, 11) is 0. The number of hydrogen-bond donors (Lipinski definition) is 1. The Morgan fingerprint density at radius 2 is 2.50 bits per heavy atom. The minimum Gasteiger partial charge on any atom is -0.411 e. The molecule has 0 heterocycles. The van der Waals surface area contributed by atoms with Crippen molar-refractivity contribution < 1.29 is 0 Å². The fourth-order valence-electron chi connectivity index (χ4n) is 0.102. The van der Waals surface area contributed by atoms with E-state index in [4.69, 9.17) is 12.3 Å². The molecule has 6 heavy (non-hydrogen) atoms. The molecule has 0 aliphatic carbocycles. The molecule has 32 valence electrons. The Morgan fingerprint density at radius 1 is 2.00 bits per heavy atom. The molecular formula is C4H6N2. The van der Waals surface area contributed by atoms with Gasteiger partial charge in [-0.2, -0.15) is 0 Å². The molecule has 0 fully saturated rings. The molecule has 0 saturated carbocycles. The quantitative estimate of drug-likeness (QED) is 0.429. The lowest BCUT2D eigenvalue weighted by Gasteiger charge is -1.75. The molecule has 0 spiro atoms. The highest BCUT2D eigenvalue weighted by atomic mass is 14.7. The average Bonchev–Trinajstić information content (AvgIpc) is 1.35.